The minimum atomic E-state index is -1.26. The van der Waals surface area contributed by atoms with Crippen LogP contribution in [0.5, 0.6) is 0 Å². The molecule has 0 atom stereocenters. The number of amides is 1. The van der Waals surface area contributed by atoms with E-state index in [4.69, 9.17) is 0 Å². The average molecular weight is 382 g/mol. The van der Waals surface area contributed by atoms with Crippen LogP contribution in [0.2, 0.25) is 0 Å². The van der Waals surface area contributed by atoms with Gasteiger partial charge < -0.3 is 15.2 Å². The molecule has 0 fully saturated rings. The van der Waals surface area contributed by atoms with Gasteiger partial charge in [-0.2, -0.15) is 4.68 Å². The zero-order valence-corrected chi connectivity index (χ0v) is 15.5. The van der Waals surface area contributed by atoms with Crippen molar-refractivity contribution in [3.63, 3.8) is 0 Å². The molecule has 1 amide bonds. The lowest BCUT2D eigenvalue weighted by Gasteiger charge is -2.09. The summed E-state index contributed by atoms with van der Waals surface area (Å²) in [5.74, 6) is -1.41. The zero-order valence-electron chi connectivity index (χ0n) is 14.7. The van der Waals surface area contributed by atoms with E-state index in [-0.39, 0.29) is 17.2 Å². The van der Waals surface area contributed by atoms with Gasteiger partial charge >= 0.3 is 0 Å². The largest absolute Gasteiger partial charge is 0.545 e. The number of aryl methyl sites for hydroxylation is 2. The van der Waals surface area contributed by atoms with Crippen LogP contribution in [-0.4, -0.2) is 37.8 Å². The number of aromatic carboxylic acids is 1. The van der Waals surface area contributed by atoms with Crippen LogP contribution in [0.1, 0.15) is 21.5 Å². The van der Waals surface area contributed by atoms with Gasteiger partial charge in [-0.05, 0) is 53.6 Å². The summed E-state index contributed by atoms with van der Waals surface area (Å²) < 4.78 is 1.60. The van der Waals surface area contributed by atoms with Gasteiger partial charge in [0.05, 0.1) is 17.4 Å². The molecule has 2 aromatic carbocycles. The highest BCUT2D eigenvalue weighted by atomic mass is 32.2. The molecule has 0 radical (unpaired) electrons. The standard InChI is InChI=1S/C18H17N5O3S/c1-11-3-8-15(12(2)9-11)23-18(20-21-22-23)27-10-16(24)19-14-6-4-13(5-7-14)17(25)26/h3-9H,10H2,1-2H3,(H,19,24)(H,25,26)/p-1. The van der Waals surface area contributed by atoms with E-state index in [0.717, 1.165) is 16.8 Å². The lowest BCUT2D eigenvalue weighted by molar-refractivity contribution is -0.255. The molecule has 9 heteroatoms. The molecule has 1 heterocycles. The van der Waals surface area contributed by atoms with E-state index in [1.807, 2.05) is 32.0 Å². The average Bonchev–Trinajstić information content (AvgIpc) is 3.09. The molecule has 0 spiro atoms. The highest BCUT2D eigenvalue weighted by Crippen LogP contribution is 2.21. The Balaban J connectivity index is 1.64. The topological polar surface area (TPSA) is 113 Å². The van der Waals surface area contributed by atoms with Gasteiger partial charge in [-0.3, -0.25) is 4.79 Å². The SMILES string of the molecule is Cc1ccc(-n2nnnc2SCC(=O)Nc2ccc(C(=O)[O-])cc2)c(C)c1. The van der Waals surface area contributed by atoms with Crippen LogP contribution in [0.15, 0.2) is 47.6 Å². The third-order valence-electron chi connectivity index (χ3n) is 3.76. The number of nitrogens with one attached hydrogen (secondary N) is 1. The fourth-order valence-electron chi connectivity index (χ4n) is 2.48. The van der Waals surface area contributed by atoms with Crippen LogP contribution in [-0.2, 0) is 4.79 Å². The molecule has 27 heavy (non-hydrogen) atoms. The molecular formula is C18H16N5O3S-. The Morgan fingerprint density at radius 2 is 1.89 bits per heavy atom. The number of carbonyl (C=O) groups is 2. The van der Waals surface area contributed by atoms with Crippen molar-refractivity contribution < 1.29 is 14.7 Å². The van der Waals surface area contributed by atoms with E-state index in [0.29, 0.717) is 10.8 Å². The molecule has 0 saturated carbocycles. The normalized spacial score (nSPS) is 10.6. The van der Waals surface area contributed by atoms with Crippen molar-refractivity contribution in [1.82, 2.24) is 20.2 Å². The number of tetrazole rings is 1. The second-order valence-corrected chi connectivity index (χ2v) is 6.81. The Morgan fingerprint density at radius 1 is 1.15 bits per heavy atom. The number of thioether (sulfide) groups is 1. The van der Waals surface area contributed by atoms with Gasteiger partial charge in [-0.1, -0.05) is 41.6 Å². The summed E-state index contributed by atoms with van der Waals surface area (Å²) in [5, 5.41) is 25.6. The number of carboxylic acid groups (broad SMARTS) is 1. The maximum absolute atomic E-state index is 12.1. The fraction of sp³-hybridized carbons (Fsp3) is 0.167. The number of carboxylic acids is 1. The van der Waals surface area contributed by atoms with Gasteiger partial charge in [-0.15, -0.1) is 5.10 Å². The van der Waals surface area contributed by atoms with Crippen LogP contribution in [0.4, 0.5) is 5.69 Å². The van der Waals surface area contributed by atoms with Gasteiger partial charge in [0.2, 0.25) is 11.1 Å². The summed E-state index contributed by atoms with van der Waals surface area (Å²) in [7, 11) is 0. The van der Waals surface area contributed by atoms with Gasteiger partial charge in [0.25, 0.3) is 0 Å². The van der Waals surface area contributed by atoms with Crippen molar-refractivity contribution in [1.29, 1.82) is 0 Å². The Morgan fingerprint density at radius 3 is 2.56 bits per heavy atom. The summed E-state index contributed by atoms with van der Waals surface area (Å²) in [6.45, 7) is 3.98. The van der Waals surface area contributed by atoms with Crippen molar-refractivity contribution in [2.45, 2.75) is 19.0 Å². The maximum Gasteiger partial charge on any atom is 0.234 e. The van der Waals surface area contributed by atoms with Crippen molar-refractivity contribution in [3.05, 3.63) is 59.2 Å². The van der Waals surface area contributed by atoms with E-state index in [9.17, 15) is 14.7 Å². The minimum absolute atomic E-state index is 0.0509. The summed E-state index contributed by atoms with van der Waals surface area (Å²) >= 11 is 1.21. The molecule has 0 aliphatic rings. The number of carbonyl (C=O) groups excluding carboxylic acids is 2. The predicted molar refractivity (Wildman–Crippen MR) is 98.8 cm³/mol. The zero-order chi connectivity index (χ0) is 19.4. The van der Waals surface area contributed by atoms with Crippen LogP contribution in [0.3, 0.4) is 0 Å². The van der Waals surface area contributed by atoms with Crippen LogP contribution in [0, 0.1) is 13.8 Å². The smallest absolute Gasteiger partial charge is 0.234 e. The molecule has 0 aliphatic carbocycles. The van der Waals surface area contributed by atoms with E-state index in [2.05, 4.69) is 20.8 Å². The summed E-state index contributed by atoms with van der Waals surface area (Å²) in [6, 6.07) is 11.7. The number of hydrogen-bond donors (Lipinski definition) is 1. The molecule has 3 rings (SSSR count). The highest BCUT2D eigenvalue weighted by Gasteiger charge is 2.13. The predicted octanol–water partition coefficient (Wildman–Crippen LogP) is 1.37. The molecule has 0 aliphatic heterocycles. The molecule has 1 aromatic heterocycles. The van der Waals surface area contributed by atoms with Crippen LogP contribution >= 0.6 is 11.8 Å². The van der Waals surface area contributed by atoms with Crippen LogP contribution < -0.4 is 10.4 Å². The third kappa shape index (κ3) is 4.50. The highest BCUT2D eigenvalue weighted by molar-refractivity contribution is 7.99. The first-order chi connectivity index (χ1) is 12.9. The summed E-state index contributed by atoms with van der Waals surface area (Å²) in [5.41, 5.74) is 3.57. The van der Waals surface area contributed by atoms with E-state index < -0.39 is 5.97 Å². The molecular weight excluding hydrogens is 366 g/mol. The van der Waals surface area contributed by atoms with Crippen LogP contribution in [0.25, 0.3) is 5.69 Å². The molecule has 138 valence electrons. The van der Waals surface area contributed by atoms with Gasteiger partial charge in [0.1, 0.15) is 0 Å². The fourth-order valence-corrected chi connectivity index (χ4v) is 3.16. The number of hydrogen-bond acceptors (Lipinski definition) is 7. The van der Waals surface area contributed by atoms with Gasteiger partial charge in [-0.25, -0.2) is 0 Å². The van der Waals surface area contributed by atoms with E-state index in [1.54, 1.807) is 4.68 Å². The minimum Gasteiger partial charge on any atom is -0.545 e. The monoisotopic (exact) mass is 382 g/mol. The van der Waals surface area contributed by atoms with Crippen molar-refractivity contribution in [2.24, 2.45) is 0 Å². The Bertz CT molecular complexity index is 985. The molecule has 3 aromatic rings. The number of nitrogens with zero attached hydrogens (tertiary/aromatic N) is 4. The molecule has 0 bridgehead atoms. The molecule has 1 N–H and O–H groups in total. The van der Waals surface area contributed by atoms with Crippen molar-refractivity contribution in [3.8, 4) is 5.69 Å². The maximum atomic E-state index is 12.1. The van der Waals surface area contributed by atoms with Crippen molar-refractivity contribution in [2.75, 3.05) is 11.1 Å². The lowest BCUT2D eigenvalue weighted by Crippen LogP contribution is -2.22. The molecule has 0 saturated heterocycles. The van der Waals surface area contributed by atoms with E-state index in [1.165, 1.54) is 36.0 Å². The number of anilines is 1. The Labute approximate surface area is 159 Å². The number of aromatic nitrogens is 4. The molecule has 0 unspecified atom stereocenters. The lowest BCUT2D eigenvalue weighted by atomic mass is 10.1. The first-order valence-corrected chi connectivity index (χ1v) is 9.02. The first-order valence-electron chi connectivity index (χ1n) is 8.04. The van der Waals surface area contributed by atoms with E-state index >= 15 is 0 Å². The Kier molecular flexibility index (Phi) is 5.51. The third-order valence-corrected chi connectivity index (χ3v) is 4.68. The molecule has 8 nitrogen and oxygen atoms in total. The Hall–Kier alpha value is -3.20. The second kappa shape index (κ2) is 8.00. The summed E-state index contributed by atoms with van der Waals surface area (Å²) in [4.78, 5) is 22.9. The summed E-state index contributed by atoms with van der Waals surface area (Å²) in [6.07, 6.45) is 0. The van der Waals surface area contributed by atoms with Crippen molar-refractivity contribution >= 4 is 29.3 Å². The first kappa shape index (κ1) is 18.6. The van der Waals surface area contributed by atoms with Gasteiger partial charge in [0.15, 0.2) is 0 Å². The van der Waals surface area contributed by atoms with Gasteiger partial charge in [0, 0.05) is 5.69 Å². The number of benzene rings is 2. The second-order valence-electron chi connectivity index (χ2n) is 5.86. The number of rotatable bonds is 6. The quantitative estimate of drug-likeness (QED) is 0.641.